The molecule has 4 aliphatic rings. The maximum atomic E-state index is 13.8. The lowest BCUT2D eigenvalue weighted by Gasteiger charge is -2.29. The Balaban J connectivity index is 1.17. The van der Waals surface area contributed by atoms with E-state index < -0.39 is 18.1 Å². The highest BCUT2D eigenvalue weighted by molar-refractivity contribution is 5.99. The second kappa shape index (κ2) is 13.1. The van der Waals surface area contributed by atoms with Crippen molar-refractivity contribution in [2.45, 2.75) is 102 Å². The molecule has 6 rings (SSSR count). The number of carbonyl (C=O) groups excluding carboxylic acids is 3. The fourth-order valence-electron chi connectivity index (χ4n) is 7.32. The molecular weight excluding hydrogens is 542 g/mol. The van der Waals surface area contributed by atoms with Gasteiger partial charge in [-0.25, -0.2) is 0 Å². The van der Waals surface area contributed by atoms with E-state index >= 15 is 0 Å². The molecule has 0 spiro atoms. The lowest BCUT2D eigenvalue weighted by molar-refractivity contribution is -0.126. The minimum absolute atomic E-state index is 0.0258. The lowest BCUT2D eigenvalue weighted by Crippen LogP contribution is -2.47. The summed E-state index contributed by atoms with van der Waals surface area (Å²) >= 11 is 0. The van der Waals surface area contributed by atoms with Gasteiger partial charge in [0.25, 0.3) is 5.91 Å². The van der Waals surface area contributed by atoms with E-state index in [0.717, 1.165) is 43.6 Å². The van der Waals surface area contributed by atoms with Gasteiger partial charge in [0.15, 0.2) is 0 Å². The standard InChI is InChI=1S/C35H45N3O5/c1-22(34(41)36-30-18-24-12-13-25(30)16-24)15-32(39)31(17-23-7-3-2-4-8-23)37-35(42)26-19-27(38-14-6-11-33(38)40)21-29(20-26)43-28-9-5-10-28/h2-4,7-8,19-22,24-25,28,30-32,39H,5-6,9-18H2,1H3,(H,36,41)(H,37,42)/t22-,24?,25?,30?,31+,32?/m1/s1. The molecular formula is C35H45N3O5. The number of hydrogen-bond acceptors (Lipinski definition) is 5. The van der Waals surface area contributed by atoms with E-state index in [9.17, 15) is 19.5 Å². The Morgan fingerprint density at radius 1 is 1.05 bits per heavy atom. The van der Waals surface area contributed by atoms with Crippen molar-refractivity contribution in [2.24, 2.45) is 17.8 Å². The summed E-state index contributed by atoms with van der Waals surface area (Å²) in [5, 5.41) is 17.8. The van der Waals surface area contributed by atoms with Gasteiger partial charge in [-0.2, -0.15) is 0 Å². The number of hydrogen-bond donors (Lipinski definition) is 3. The Hall–Kier alpha value is -3.39. The third-order valence-corrected chi connectivity index (χ3v) is 10.1. The molecule has 8 heteroatoms. The Kier molecular flexibility index (Phi) is 9.03. The highest BCUT2D eigenvalue weighted by Gasteiger charge is 2.40. The van der Waals surface area contributed by atoms with Crippen molar-refractivity contribution in [1.29, 1.82) is 0 Å². The topological polar surface area (TPSA) is 108 Å². The number of benzene rings is 2. The summed E-state index contributed by atoms with van der Waals surface area (Å²) < 4.78 is 6.16. The molecule has 2 aromatic carbocycles. The van der Waals surface area contributed by atoms with Crippen molar-refractivity contribution in [3.05, 3.63) is 59.7 Å². The van der Waals surface area contributed by atoms with Crippen LogP contribution in [0.1, 0.15) is 87.1 Å². The number of aliphatic hydroxyl groups is 1. The average molecular weight is 588 g/mol. The molecule has 4 fully saturated rings. The van der Waals surface area contributed by atoms with E-state index in [4.69, 9.17) is 4.74 Å². The number of nitrogens with zero attached hydrogens (tertiary/aromatic N) is 1. The Morgan fingerprint density at radius 2 is 1.86 bits per heavy atom. The minimum Gasteiger partial charge on any atom is -0.490 e. The predicted molar refractivity (Wildman–Crippen MR) is 165 cm³/mol. The summed E-state index contributed by atoms with van der Waals surface area (Å²) in [5.74, 6) is 1.19. The molecule has 4 unspecified atom stereocenters. The summed E-state index contributed by atoms with van der Waals surface area (Å²) in [6.45, 7) is 2.47. The number of fused-ring (bicyclic) bond motifs is 2. The molecule has 0 aromatic heterocycles. The normalized spacial score (nSPS) is 25.2. The van der Waals surface area contributed by atoms with Gasteiger partial charge in [0.2, 0.25) is 11.8 Å². The first-order valence-corrected chi connectivity index (χ1v) is 16.3. The zero-order valence-corrected chi connectivity index (χ0v) is 25.2. The fraction of sp³-hybridized carbons (Fsp3) is 0.571. The first-order chi connectivity index (χ1) is 20.8. The third kappa shape index (κ3) is 7.06. The van der Waals surface area contributed by atoms with E-state index in [-0.39, 0.29) is 36.3 Å². The molecule has 1 saturated heterocycles. The average Bonchev–Trinajstić information content (AvgIpc) is 3.72. The van der Waals surface area contributed by atoms with Gasteiger partial charge in [-0.15, -0.1) is 0 Å². The number of ether oxygens (including phenoxy) is 1. The van der Waals surface area contributed by atoms with Crippen molar-refractivity contribution < 1.29 is 24.2 Å². The van der Waals surface area contributed by atoms with Gasteiger partial charge >= 0.3 is 0 Å². The molecule has 230 valence electrons. The van der Waals surface area contributed by atoms with E-state index in [0.29, 0.717) is 42.3 Å². The van der Waals surface area contributed by atoms with Crippen LogP contribution in [0.25, 0.3) is 0 Å². The van der Waals surface area contributed by atoms with Gasteiger partial charge in [0.05, 0.1) is 18.2 Å². The first kappa shape index (κ1) is 29.7. The Labute approximate surface area is 254 Å². The van der Waals surface area contributed by atoms with Gasteiger partial charge < -0.3 is 25.4 Å². The van der Waals surface area contributed by atoms with Crippen molar-refractivity contribution in [3.63, 3.8) is 0 Å². The smallest absolute Gasteiger partial charge is 0.251 e. The van der Waals surface area contributed by atoms with Crippen molar-refractivity contribution in [1.82, 2.24) is 10.6 Å². The van der Waals surface area contributed by atoms with Crippen LogP contribution < -0.4 is 20.3 Å². The van der Waals surface area contributed by atoms with Crippen LogP contribution in [-0.4, -0.2) is 53.7 Å². The molecule has 3 amide bonds. The number of rotatable bonds is 12. The fourth-order valence-corrected chi connectivity index (χ4v) is 7.32. The SMILES string of the molecule is C[C@H](CC(O)[C@H](Cc1ccccc1)NC(=O)c1cc(OC2CCC2)cc(N2CCCC2=O)c1)C(=O)NC1CC2CCC1C2. The van der Waals surface area contributed by atoms with Crippen LogP contribution in [0.15, 0.2) is 48.5 Å². The summed E-state index contributed by atoms with van der Waals surface area (Å²) in [7, 11) is 0. The monoisotopic (exact) mass is 587 g/mol. The maximum absolute atomic E-state index is 13.8. The minimum atomic E-state index is -0.932. The van der Waals surface area contributed by atoms with Gasteiger partial charge in [-0.1, -0.05) is 43.7 Å². The first-order valence-electron chi connectivity index (χ1n) is 16.3. The molecule has 1 aliphatic heterocycles. The molecule has 6 atom stereocenters. The number of amides is 3. The maximum Gasteiger partial charge on any atom is 0.251 e. The van der Waals surface area contributed by atoms with Crippen LogP contribution in [0.4, 0.5) is 5.69 Å². The molecule has 3 aliphatic carbocycles. The highest BCUT2D eigenvalue weighted by Crippen LogP contribution is 2.44. The highest BCUT2D eigenvalue weighted by atomic mass is 16.5. The zero-order valence-electron chi connectivity index (χ0n) is 25.2. The Bertz CT molecular complexity index is 1310. The Morgan fingerprint density at radius 3 is 2.51 bits per heavy atom. The van der Waals surface area contributed by atoms with Crippen LogP contribution >= 0.6 is 0 Å². The molecule has 43 heavy (non-hydrogen) atoms. The second-order valence-electron chi connectivity index (χ2n) is 13.3. The van der Waals surface area contributed by atoms with Crippen LogP contribution in [0.2, 0.25) is 0 Å². The van der Waals surface area contributed by atoms with Gasteiger partial charge in [-0.3, -0.25) is 14.4 Å². The molecule has 8 nitrogen and oxygen atoms in total. The largest absolute Gasteiger partial charge is 0.490 e. The zero-order chi connectivity index (χ0) is 29.9. The number of nitrogens with one attached hydrogen (secondary N) is 2. The van der Waals surface area contributed by atoms with Crippen LogP contribution in [0.3, 0.4) is 0 Å². The summed E-state index contributed by atoms with van der Waals surface area (Å²) in [6, 6.07) is 14.7. The van der Waals surface area contributed by atoms with E-state index in [1.807, 2.05) is 43.3 Å². The van der Waals surface area contributed by atoms with Gasteiger partial charge in [-0.05, 0) is 87.3 Å². The van der Waals surface area contributed by atoms with Crippen molar-refractivity contribution in [2.75, 3.05) is 11.4 Å². The molecule has 2 aromatic rings. The number of carbonyl (C=O) groups is 3. The van der Waals surface area contributed by atoms with Crippen LogP contribution in [0.5, 0.6) is 5.75 Å². The molecule has 3 saturated carbocycles. The molecule has 3 N–H and O–H groups in total. The van der Waals surface area contributed by atoms with E-state index in [2.05, 4.69) is 10.6 Å². The summed E-state index contributed by atoms with van der Waals surface area (Å²) in [6.07, 6.45) is 8.96. The predicted octanol–water partition coefficient (Wildman–Crippen LogP) is 4.78. The number of anilines is 1. The lowest BCUT2D eigenvalue weighted by atomic mass is 9.91. The van der Waals surface area contributed by atoms with Gasteiger partial charge in [0, 0.05) is 42.2 Å². The third-order valence-electron chi connectivity index (χ3n) is 10.1. The summed E-state index contributed by atoms with van der Waals surface area (Å²) in [5.41, 5.74) is 2.03. The second-order valence-corrected chi connectivity index (χ2v) is 13.3. The molecule has 2 bridgehead atoms. The quantitative estimate of drug-likeness (QED) is 0.331. The summed E-state index contributed by atoms with van der Waals surface area (Å²) in [4.78, 5) is 41.2. The van der Waals surface area contributed by atoms with E-state index in [1.165, 1.54) is 19.3 Å². The van der Waals surface area contributed by atoms with E-state index in [1.54, 1.807) is 17.0 Å². The van der Waals surface area contributed by atoms with Crippen LogP contribution in [-0.2, 0) is 16.0 Å². The number of aliphatic hydroxyl groups excluding tert-OH is 1. The van der Waals surface area contributed by atoms with Crippen molar-refractivity contribution >= 4 is 23.4 Å². The van der Waals surface area contributed by atoms with Gasteiger partial charge in [0.1, 0.15) is 5.75 Å². The molecule has 0 radical (unpaired) electrons. The van der Waals surface area contributed by atoms with Crippen molar-refractivity contribution in [3.8, 4) is 5.75 Å². The molecule has 1 heterocycles. The van der Waals surface area contributed by atoms with Crippen LogP contribution in [0, 0.1) is 17.8 Å².